The van der Waals surface area contributed by atoms with Crippen LogP contribution in [0.5, 0.6) is 0 Å². The van der Waals surface area contributed by atoms with Crippen LogP contribution >= 0.6 is 22.9 Å². The molecule has 0 spiro atoms. The van der Waals surface area contributed by atoms with Crippen LogP contribution in [0.15, 0.2) is 12.1 Å². The molecule has 1 rings (SSSR count). The summed E-state index contributed by atoms with van der Waals surface area (Å²) in [6.07, 6.45) is 0. The van der Waals surface area contributed by atoms with Crippen LogP contribution in [0.25, 0.3) is 0 Å². The molecule has 0 aliphatic rings. The molecule has 1 aromatic heterocycles. The third-order valence-corrected chi connectivity index (χ3v) is 3.02. The van der Waals surface area contributed by atoms with Gasteiger partial charge in [-0.15, -0.1) is 11.3 Å². The average molecular weight is 234 g/mol. The minimum Gasteiger partial charge on any atom is -0.374 e. The summed E-state index contributed by atoms with van der Waals surface area (Å²) in [6.45, 7) is 6.57. The van der Waals surface area contributed by atoms with Crippen molar-refractivity contribution in [2.24, 2.45) is 5.73 Å². The average Bonchev–Trinajstić information content (AvgIpc) is 2.46. The van der Waals surface area contributed by atoms with Crippen molar-refractivity contribution in [2.75, 3.05) is 6.61 Å². The number of hydrogen-bond acceptors (Lipinski definition) is 3. The van der Waals surface area contributed by atoms with Gasteiger partial charge in [0.2, 0.25) is 0 Å². The minimum absolute atomic E-state index is 0.0771. The molecule has 0 aromatic carbocycles. The number of nitrogens with two attached hydrogens (primary N) is 1. The SMILES string of the molecule is CC(C)(C)OCC(N)c1ccc(Cl)s1. The van der Waals surface area contributed by atoms with Gasteiger partial charge < -0.3 is 10.5 Å². The monoisotopic (exact) mass is 233 g/mol. The van der Waals surface area contributed by atoms with Crippen molar-refractivity contribution in [2.45, 2.75) is 32.4 Å². The molecule has 14 heavy (non-hydrogen) atoms. The number of halogens is 1. The summed E-state index contributed by atoms with van der Waals surface area (Å²) in [4.78, 5) is 1.07. The summed E-state index contributed by atoms with van der Waals surface area (Å²) in [5.74, 6) is 0. The number of ether oxygens (including phenoxy) is 1. The van der Waals surface area contributed by atoms with E-state index >= 15 is 0 Å². The van der Waals surface area contributed by atoms with E-state index in [2.05, 4.69) is 0 Å². The smallest absolute Gasteiger partial charge is 0.0931 e. The first kappa shape index (κ1) is 12.0. The second-order valence-corrected chi connectivity index (χ2v) is 5.92. The molecule has 2 nitrogen and oxygen atoms in total. The Bertz CT molecular complexity index is 293. The molecule has 80 valence electrons. The van der Waals surface area contributed by atoms with Gasteiger partial charge in [-0.05, 0) is 32.9 Å². The molecule has 0 amide bonds. The quantitative estimate of drug-likeness (QED) is 0.870. The molecule has 4 heteroatoms. The fourth-order valence-electron chi connectivity index (χ4n) is 0.949. The Morgan fingerprint density at radius 2 is 2.14 bits per heavy atom. The standard InChI is InChI=1S/C10H16ClNOS/c1-10(2,3)13-6-7(12)8-4-5-9(11)14-8/h4-5,7H,6,12H2,1-3H3. The van der Waals surface area contributed by atoms with E-state index < -0.39 is 0 Å². The van der Waals surface area contributed by atoms with Crippen molar-refractivity contribution < 1.29 is 4.74 Å². The molecule has 0 aliphatic carbocycles. The van der Waals surface area contributed by atoms with Gasteiger partial charge in [0, 0.05) is 4.88 Å². The minimum atomic E-state index is -0.140. The van der Waals surface area contributed by atoms with Crippen LogP contribution in [-0.4, -0.2) is 12.2 Å². The Kier molecular flexibility index (Phi) is 3.95. The van der Waals surface area contributed by atoms with Crippen LogP contribution in [-0.2, 0) is 4.74 Å². The second-order valence-electron chi connectivity index (χ2n) is 4.17. The first-order valence-electron chi connectivity index (χ1n) is 4.53. The fraction of sp³-hybridized carbons (Fsp3) is 0.600. The number of rotatable bonds is 3. The van der Waals surface area contributed by atoms with Crippen molar-refractivity contribution in [3.63, 3.8) is 0 Å². The van der Waals surface area contributed by atoms with Crippen molar-refractivity contribution >= 4 is 22.9 Å². The first-order valence-corrected chi connectivity index (χ1v) is 5.73. The van der Waals surface area contributed by atoms with Crippen molar-refractivity contribution in [3.8, 4) is 0 Å². The second kappa shape index (κ2) is 4.62. The molecular formula is C10H16ClNOS. The van der Waals surface area contributed by atoms with Gasteiger partial charge in [-0.1, -0.05) is 11.6 Å². The van der Waals surface area contributed by atoms with E-state index in [0.717, 1.165) is 9.21 Å². The predicted molar refractivity (Wildman–Crippen MR) is 62.0 cm³/mol. The molecule has 0 aliphatic heterocycles. The number of hydrogen-bond donors (Lipinski definition) is 1. The lowest BCUT2D eigenvalue weighted by Crippen LogP contribution is -2.25. The van der Waals surface area contributed by atoms with Crippen LogP contribution in [0.2, 0.25) is 4.34 Å². The topological polar surface area (TPSA) is 35.2 Å². The van der Waals surface area contributed by atoms with Gasteiger partial charge in [-0.3, -0.25) is 0 Å². The maximum Gasteiger partial charge on any atom is 0.0931 e. The Morgan fingerprint density at radius 3 is 2.57 bits per heavy atom. The number of thiophene rings is 1. The highest BCUT2D eigenvalue weighted by Crippen LogP contribution is 2.26. The fourth-order valence-corrected chi connectivity index (χ4v) is 2.00. The molecule has 1 aromatic rings. The van der Waals surface area contributed by atoms with Crippen molar-refractivity contribution in [3.05, 3.63) is 21.3 Å². The van der Waals surface area contributed by atoms with E-state index in [0.29, 0.717) is 6.61 Å². The van der Waals surface area contributed by atoms with Gasteiger partial charge >= 0.3 is 0 Å². The molecule has 0 fully saturated rings. The first-order chi connectivity index (χ1) is 6.38. The molecule has 0 bridgehead atoms. The highest BCUT2D eigenvalue weighted by atomic mass is 35.5. The molecule has 1 atom stereocenters. The van der Waals surface area contributed by atoms with Crippen LogP contribution < -0.4 is 5.73 Å². The molecular weight excluding hydrogens is 218 g/mol. The van der Waals surface area contributed by atoms with Crippen LogP contribution in [0, 0.1) is 0 Å². The molecule has 0 saturated carbocycles. The molecule has 0 radical (unpaired) electrons. The van der Waals surface area contributed by atoms with Gasteiger partial charge in [0.25, 0.3) is 0 Å². The summed E-state index contributed by atoms with van der Waals surface area (Å²) in [6, 6.07) is 3.73. The zero-order chi connectivity index (χ0) is 10.8. The zero-order valence-corrected chi connectivity index (χ0v) is 10.3. The zero-order valence-electron chi connectivity index (χ0n) is 8.71. The normalized spacial score (nSPS) is 14.4. The van der Waals surface area contributed by atoms with Crippen LogP contribution in [0.1, 0.15) is 31.7 Å². The Balaban J connectivity index is 2.47. The highest BCUT2D eigenvalue weighted by Gasteiger charge is 2.15. The predicted octanol–water partition coefficient (Wildman–Crippen LogP) is 3.22. The third kappa shape index (κ3) is 3.96. The Morgan fingerprint density at radius 1 is 1.50 bits per heavy atom. The van der Waals surface area contributed by atoms with Crippen LogP contribution in [0.4, 0.5) is 0 Å². The van der Waals surface area contributed by atoms with Gasteiger partial charge in [-0.25, -0.2) is 0 Å². The molecule has 1 unspecified atom stereocenters. The molecule has 1 heterocycles. The van der Waals surface area contributed by atoms with E-state index in [9.17, 15) is 0 Å². The van der Waals surface area contributed by atoms with E-state index in [4.69, 9.17) is 22.1 Å². The lowest BCUT2D eigenvalue weighted by atomic mass is 10.2. The summed E-state index contributed by atoms with van der Waals surface area (Å²) in [5.41, 5.74) is 5.80. The van der Waals surface area contributed by atoms with Gasteiger partial charge in [-0.2, -0.15) is 0 Å². The summed E-state index contributed by atoms with van der Waals surface area (Å²) < 4.78 is 6.36. The van der Waals surface area contributed by atoms with Crippen LogP contribution in [0.3, 0.4) is 0 Å². The van der Waals surface area contributed by atoms with E-state index in [1.165, 1.54) is 11.3 Å². The summed E-state index contributed by atoms with van der Waals surface area (Å²) in [7, 11) is 0. The Hall–Kier alpha value is -0.0900. The maximum absolute atomic E-state index is 5.94. The largest absolute Gasteiger partial charge is 0.374 e. The highest BCUT2D eigenvalue weighted by molar-refractivity contribution is 7.16. The Labute approximate surface area is 94.0 Å². The lowest BCUT2D eigenvalue weighted by Gasteiger charge is -2.21. The molecule has 0 saturated heterocycles. The van der Waals surface area contributed by atoms with Gasteiger partial charge in [0.05, 0.1) is 22.6 Å². The van der Waals surface area contributed by atoms with Crippen molar-refractivity contribution in [1.82, 2.24) is 0 Å². The van der Waals surface area contributed by atoms with Gasteiger partial charge in [0.15, 0.2) is 0 Å². The van der Waals surface area contributed by atoms with Crippen molar-refractivity contribution in [1.29, 1.82) is 0 Å². The van der Waals surface area contributed by atoms with E-state index in [1.807, 2.05) is 32.9 Å². The summed E-state index contributed by atoms with van der Waals surface area (Å²) in [5, 5.41) is 0. The van der Waals surface area contributed by atoms with Gasteiger partial charge in [0.1, 0.15) is 0 Å². The summed E-state index contributed by atoms with van der Waals surface area (Å²) >= 11 is 7.32. The third-order valence-electron chi connectivity index (χ3n) is 1.66. The molecule has 2 N–H and O–H groups in total. The van der Waals surface area contributed by atoms with E-state index in [-0.39, 0.29) is 11.6 Å². The van der Waals surface area contributed by atoms with E-state index in [1.54, 1.807) is 0 Å². The lowest BCUT2D eigenvalue weighted by molar-refractivity contribution is -0.00983. The maximum atomic E-state index is 5.94.